The van der Waals surface area contributed by atoms with Crippen LogP contribution in [0, 0.1) is 0 Å². The van der Waals surface area contributed by atoms with Crippen molar-refractivity contribution in [2.24, 2.45) is 5.73 Å². The maximum Gasteiger partial charge on any atom is 0.321 e. The maximum absolute atomic E-state index is 13.1. The lowest BCUT2D eigenvalue weighted by Gasteiger charge is -2.20. The Bertz CT molecular complexity index is 878. The van der Waals surface area contributed by atoms with Gasteiger partial charge in [-0.05, 0) is 23.8 Å². The van der Waals surface area contributed by atoms with E-state index in [9.17, 15) is 9.59 Å². The summed E-state index contributed by atoms with van der Waals surface area (Å²) in [6.07, 6.45) is 0. The van der Waals surface area contributed by atoms with Gasteiger partial charge in [0, 0.05) is 43.8 Å². The quantitative estimate of drug-likeness (QED) is 0.800. The van der Waals surface area contributed by atoms with Gasteiger partial charge in [-0.25, -0.2) is 4.79 Å². The standard InChI is InChI=1S/C20H21ClN4O2.ClH/c21-17-7-6-14(25-9-8-23-20(25)27)10-15(17)19(26)24-11-16(18(22)12-24)13-4-2-1-3-5-13;/h1-7,10,16,18H,8-9,11-12,22H2,(H,23,27);1H/t16-,18+;/m0./s1. The number of hydrogen-bond acceptors (Lipinski definition) is 3. The van der Waals surface area contributed by atoms with Crippen molar-refractivity contribution in [3.8, 4) is 0 Å². The van der Waals surface area contributed by atoms with Crippen LogP contribution in [0.5, 0.6) is 0 Å². The summed E-state index contributed by atoms with van der Waals surface area (Å²) in [7, 11) is 0. The van der Waals surface area contributed by atoms with E-state index in [-0.39, 0.29) is 36.3 Å². The number of nitrogens with two attached hydrogens (primary N) is 1. The Kier molecular flexibility index (Phi) is 6.13. The van der Waals surface area contributed by atoms with Crippen molar-refractivity contribution < 1.29 is 9.59 Å². The molecular weight excluding hydrogens is 399 g/mol. The van der Waals surface area contributed by atoms with E-state index in [1.165, 1.54) is 0 Å². The third-order valence-electron chi connectivity index (χ3n) is 5.23. The van der Waals surface area contributed by atoms with E-state index >= 15 is 0 Å². The molecule has 0 saturated carbocycles. The minimum absolute atomic E-state index is 0. The lowest BCUT2D eigenvalue weighted by atomic mass is 9.95. The number of urea groups is 1. The van der Waals surface area contributed by atoms with E-state index in [1.54, 1.807) is 28.0 Å². The van der Waals surface area contributed by atoms with E-state index in [4.69, 9.17) is 17.3 Å². The summed E-state index contributed by atoms with van der Waals surface area (Å²) in [5, 5.41) is 3.13. The van der Waals surface area contributed by atoms with Crippen molar-refractivity contribution >= 4 is 41.6 Å². The molecule has 0 unspecified atom stereocenters. The third kappa shape index (κ3) is 3.81. The molecule has 2 aliphatic rings. The molecule has 2 aliphatic heterocycles. The molecule has 8 heteroatoms. The first-order valence-corrected chi connectivity index (χ1v) is 9.37. The summed E-state index contributed by atoms with van der Waals surface area (Å²) in [6.45, 7) is 2.18. The van der Waals surface area contributed by atoms with Crippen LogP contribution in [0.4, 0.5) is 10.5 Å². The number of carbonyl (C=O) groups is 2. The number of carbonyl (C=O) groups excluding carboxylic acids is 2. The van der Waals surface area contributed by atoms with Crippen LogP contribution in [0.2, 0.25) is 5.02 Å². The highest BCUT2D eigenvalue weighted by Gasteiger charge is 2.35. The molecule has 0 radical (unpaired) electrons. The molecule has 28 heavy (non-hydrogen) atoms. The highest BCUT2D eigenvalue weighted by atomic mass is 35.5. The molecule has 0 bridgehead atoms. The first-order chi connectivity index (χ1) is 13.0. The SMILES string of the molecule is Cl.N[C@@H]1CN(C(=O)c2cc(N3CCNC3=O)ccc2Cl)C[C@H]1c1ccccc1. The maximum atomic E-state index is 13.1. The zero-order chi connectivity index (χ0) is 19.0. The van der Waals surface area contributed by atoms with Gasteiger partial charge in [0.2, 0.25) is 0 Å². The molecule has 0 aliphatic carbocycles. The third-order valence-corrected chi connectivity index (χ3v) is 5.56. The molecule has 2 atom stereocenters. The number of likely N-dealkylation sites (tertiary alicyclic amines) is 1. The van der Waals surface area contributed by atoms with Crippen molar-refractivity contribution in [1.29, 1.82) is 0 Å². The lowest BCUT2D eigenvalue weighted by Crippen LogP contribution is -2.32. The van der Waals surface area contributed by atoms with E-state index in [1.807, 2.05) is 30.3 Å². The average Bonchev–Trinajstić information content (AvgIpc) is 3.28. The molecule has 6 nitrogen and oxygen atoms in total. The van der Waals surface area contributed by atoms with Crippen molar-refractivity contribution in [3.63, 3.8) is 0 Å². The molecule has 2 aromatic rings. The molecule has 148 valence electrons. The van der Waals surface area contributed by atoms with Crippen LogP contribution in [-0.4, -0.2) is 49.1 Å². The van der Waals surface area contributed by atoms with Gasteiger partial charge in [-0.3, -0.25) is 9.69 Å². The Morgan fingerprint density at radius 3 is 2.57 bits per heavy atom. The average molecular weight is 421 g/mol. The number of anilines is 1. The van der Waals surface area contributed by atoms with E-state index in [0.29, 0.717) is 42.5 Å². The Balaban J connectivity index is 0.00000225. The van der Waals surface area contributed by atoms with Crippen LogP contribution in [-0.2, 0) is 0 Å². The molecule has 3 N–H and O–H groups in total. The van der Waals surface area contributed by atoms with E-state index in [0.717, 1.165) is 5.56 Å². The molecule has 3 amide bonds. The first-order valence-electron chi connectivity index (χ1n) is 8.99. The fraction of sp³-hybridized carbons (Fsp3) is 0.300. The van der Waals surface area contributed by atoms with Crippen LogP contribution >= 0.6 is 24.0 Å². The van der Waals surface area contributed by atoms with Crippen molar-refractivity contribution in [3.05, 3.63) is 64.7 Å². The summed E-state index contributed by atoms with van der Waals surface area (Å²) >= 11 is 6.30. The number of rotatable bonds is 3. The molecule has 0 spiro atoms. The zero-order valence-electron chi connectivity index (χ0n) is 15.2. The fourth-order valence-electron chi connectivity index (χ4n) is 3.78. The van der Waals surface area contributed by atoms with Gasteiger partial charge >= 0.3 is 6.03 Å². The van der Waals surface area contributed by atoms with Crippen LogP contribution in [0.25, 0.3) is 0 Å². The van der Waals surface area contributed by atoms with Gasteiger partial charge in [0.05, 0.1) is 10.6 Å². The lowest BCUT2D eigenvalue weighted by molar-refractivity contribution is 0.0789. The number of nitrogens with zero attached hydrogens (tertiary/aromatic N) is 2. The Morgan fingerprint density at radius 2 is 1.89 bits per heavy atom. The molecule has 2 aromatic carbocycles. The Hall–Kier alpha value is -2.28. The second-order valence-corrected chi connectivity index (χ2v) is 7.35. The summed E-state index contributed by atoms with van der Waals surface area (Å²) in [4.78, 5) is 28.4. The first kappa shape index (κ1) is 20.5. The zero-order valence-corrected chi connectivity index (χ0v) is 16.7. The molecule has 2 fully saturated rings. The van der Waals surface area contributed by atoms with Crippen LogP contribution in [0.15, 0.2) is 48.5 Å². The molecular formula is C20H22Cl2N4O2. The van der Waals surface area contributed by atoms with E-state index in [2.05, 4.69) is 5.32 Å². The number of benzene rings is 2. The predicted molar refractivity (Wildman–Crippen MR) is 113 cm³/mol. The van der Waals surface area contributed by atoms with Crippen LogP contribution in [0.1, 0.15) is 21.8 Å². The van der Waals surface area contributed by atoms with Crippen molar-refractivity contribution in [1.82, 2.24) is 10.2 Å². The summed E-state index contributed by atoms with van der Waals surface area (Å²) in [5.74, 6) is -0.0585. The second-order valence-electron chi connectivity index (χ2n) is 6.94. The summed E-state index contributed by atoms with van der Waals surface area (Å²) in [6, 6.07) is 14.8. The van der Waals surface area contributed by atoms with Gasteiger partial charge in [0.1, 0.15) is 0 Å². The highest BCUT2D eigenvalue weighted by Crippen LogP contribution is 2.30. The van der Waals surface area contributed by atoms with Crippen molar-refractivity contribution in [2.75, 3.05) is 31.1 Å². The Labute approximate surface area is 175 Å². The molecule has 2 saturated heterocycles. The van der Waals surface area contributed by atoms with Gasteiger partial charge in [0.25, 0.3) is 5.91 Å². The summed E-state index contributed by atoms with van der Waals surface area (Å²) < 4.78 is 0. The predicted octanol–water partition coefficient (Wildman–Crippen LogP) is 2.86. The van der Waals surface area contributed by atoms with Crippen LogP contribution in [0.3, 0.4) is 0 Å². The van der Waals surface area contributed by atoms with Gasteiger partial charge in [-0.2, -0.15) is 0 Å². The largest absolute Gasteiger partial charge is 0.336 e. The molecule has 0 aromatic heterocycles. The minimum Gasteiger partial charge on any atom is -0.336 e. The normalized spacial score (nSPS) is 21.4. The number of nitrogens with one attached hydrogen (secondary N) is 1. The second kappa shape index (κ2) is 8.39. The highest BCUT2D eigenvalue weighted by molar-refractivity contribution is 6.34. The number of halogens is 2. The van der Waals surface area contributed by atoms with Crippen molar-refractivity contribution in [2.45, 2.75) is 12.0 Å². The smallest absolute Gasteiger partial charge is 0.321 e. The Morgan fingerprint density at radius 1 is 1.14 bits per heavy atom. The van der Waals surface area contributed by atoms with Gasteiger partial charge in [-0.15, -0.1) is 12.4 Å². The van der Waals surface area contributed by atoms with Crippen LogP contribution < -0.4 is 16.0 Å². The molecule has 2 heterocycles. The minimum atomic E-state index is -0.164. The fourth-order valence-corrected chi connectivity index (χ4v) is 3.98. The topological polar surface area (TPSA) is 78.7 Å². The van der Waals surface area contributed by atoms with Gasteiger partial charge < -0.3 is 16.0 Å². The number of hydrogen-bond donors (Lipinski definition) is 2. The summed E-state index contributed by atoms with van der Waals surface area (Å²) in [5.41, 5.74) is 8.51. The monoisotopic (exact) mass is 420 g/mol. The van der Waals surface area contributed by atoms with E-state index < -0.39 is 0 Å². The number of amides is 3. The van der Waals surface area contributed by atoms with Gasteiger partial charge in [0.15, 0.2) is 0 Å². The molecule has 4 rings (SSSR count). The van der Waals surface area contributed by atoms with Gasteiger partial charge in [-0.1, -0.05) is 41.9 Å².